The van der Waals surface area contributed by atoms with Gasteiger partial charge in [0.2, 0.25) is 0 Å². The van der Waals surface area contributed by atoms with Gasteiger partial charge in [0.25, 0.3) is 0 Å². The van der Waals surface area contributed by atoms with E-state index in [-0.39, 0.29) is 0 Å². The molecule has 1 aliphatic carbocycles. The molecule has 1 rings (SSSR count). The van der Waals surface area contributed by atoms with Crippen LogP contribution in [0.25, 0.3) is 0 Å². The highest BCUT2D eigenvalue weighted by atomic mass is 14.4. The number of hydrogen-bond donors (Lipinski definition) is 0. The molecule has 0 aromatic rings. The molecule has 11 heavy (non-hydrogen) atoms. The van der Waals surface area contributed by atoms with Gasteiger partial charge in [0, 0.05) is 0 Å². The molecule has 68 valence electrons. The second-order valence-electron chi connectivity index (χ2n) is 2.57. The molecule has 0 nitrogen and oxygen atoms in total. The van der Waals surface area contributed by atoms with Gasteiger partial charge in [0.15, 0.2) is 0 Å². The first-order valence-corrected chi connectivity index (χ1v) is 4.88. The van der Waals surface area contributed by atoms with Crippen LogP contribution in [0.5, 0.6) is 0 Å². The van der Waals surface area contributed by atoms with Crippen molar-refractivity contribution < 1.29 is 0 Å². The first-order valence-electron chi connectivity index (χ1n) is 4.88. The zero-order chi connectivity index (χ0) is 9.28. The monoisotopic (exact) mass is 156 g/mol. The van der Waals surface area contributed by atoms with Gasteiger partial charge in [-0.1, -0.05) is 40.5 Å². The molecule has 0 aromatic carbocycles. The third kappa shape index (κ3) is 6.15. The van der Waals surface area contributed by atoms with Crippen LogP contribution in [0, 0.1) is 11.8 Å². The minimum atomic E-state index is 1.12. The van der Waals surface area contributed by atoms with Crippen molar-refractivity contribution in [1.82, 2.24) is 0 Å². The molecule has 0 radical (unpaired) electrons. The van der Waals surface area contributed by atoms with Crippen molar-refractivity contribution in [2.75, 3.05) is 0 Å². The lowest BCUT2D eigenvalue weighted by molar-refractivity contribution is 0.663. The highest BCUT2D eigenvalue weighted by Crippen LogP contribution is 2.42. The van der Waals surface area contributed by atoms with Crippen molar-refractivity contribution in [2.45, 2.75) is 47.0 Å². The third-order valence-corrected chi connectivity index (χ3v) is 2.12. The van der Waals surface area contributed by atoms with Crippen LogP contribution in [-0.2, 0) is 0 Å². The van der Waals surface area contributed by atoms with Crippen LogP contribution in [0.15, 0.2) is 13.2 Å². The standard InChI is InChI=1S/C7H14.C2H6.C2H4/c1-3-6-5-7(6)4-2;2*1-2/h6-7H,3-5H2,1-2H3;1-2H3;1-2H2. The SMILES string of the molecule is C=C.CC.CCC1CC1CC. The second kappa shape index (κ2) is 9.74. The summed E-state index contributed by atoms with van der Waals surface area (Å²) in [7, 11) is 0. The number of rotatable bonds is 2. The maximum atomic E-state index is 3.00. The molecule has 1 aliphatic rings. The summed E-state index contributed by atoms with van der Waals surface area (Å²) in [6.45, 7) is 14.6. The molecule has 2 atom stereocenters. The summed E-state index contributed by atoms with van der Waals surface area (Å²) in [6, 6.07) is 0. The maximum Gasteiger partial charge on any atom is -0.0386 e. The summed E-state index contributed by atoms with van der Waals surface area (Å²) in [5.74, 6) is 2.23. The van der Waals surface area contributed by atoms with E-state index in [1.165, 1.54) is 19.3 Å². The molecular formula is C11H24. The first-order chi connectivity index (χ1) is 5.38. The highest BCUT2D eigenvalue weighted by molar-refractivity contribution is 4.83. The first kappa shape index (κ1) is 13.3. The fourth-order valence-electron chi connectivity index (χ4n) is 1.31. The minimum absolute atomic E-state index is 1.12. The largest absolute Gasteiger partial charge is 0.106 e. The molecule has 0 aliphatic heterocycles. The molecule has 0 heterocycles. The Kier molecular flexibility index (Phi) is 11.8. The summed E-state index contributed by atoms with van der Waals surface area (Å²) >= 11 is 0. The molecule has 0 heteroatoms. The van der Waals surface area contributed by atoms with Crippen molar-refractivity contribution in [1.29, 1.82) is 0 Å². The maximum absolute atomic E-state index is 3.00. The van der Waals surface area contributed by atoms with Crippen LogP contribution < -0.4 is 0 Å². The van der Waals surface area contributed by atoms with Crippen molar-refractivity contribution in [3.63, 3.8) is 0 Å². The van der Waals surface area contributed by atoms with Crippen LogP contribution in [0.2, 0.25) is 0 Å². The predicted molar refractivity (Wildman–Crippen MR) is 54.8 cm³/mol. The Balaban J connectivity index is 0. The summed E-state index contributed by atoms with van der Waals surface area (Å²) < 4.78 is 0. The van der Waals surface area contributed by atoms with E-state index < -0.39 is 0 Å². The van der Waals surface area contributed by atoms with Crippen LogP contribution >= 0.6 is 0 Å². The van der Waals surface area contributed by atoms with Crippen molar-refractivity contribution in [3.8, 4) is 0 Å². The fourth-order valence-corrected chi connectivity index (χ4v) is 1.31. The van der Waals surface area contributed by atoms with Crippen molar-refractivity contribution in [3.05, 3.63) is 13.2 Å². The topological polar surface area (TPSA) is 0 Å². The van der Waals surface area contributed by atoms with Gasteiger partial charge < -0.3 is 0 Å². The van der Waals surface area contributed by atoms with E-state index in [4.69, 9.17) is 0 Å². The van der Waals surface area contributed by atoms with Crippen LogP contribution in [-0.4, -0.2) is 0 Å². The van der Waals surface area contributed by atoms with Gasteiger partial charge in [-0.2, -0.15) is 0 Å². The van der Waals surface area contributed by atoms with Gasteiger partial charge in [-0.25, -0.2) is 0 Å². The molecule has 0 spiro atoms. The molecule has 1 fully saturated rings. The van der Waals surface area contributed by atoms with Crippen LogP contribution in [0.4, 0.5) is 0 Å². The van der Waals surface area contributed by atoms with Crippen LogP contribution in [0.1, 0.15) is 47.0 Å². The van der Waals surface area contributed by atoms with E-state index in [1.807, 2.05) is 13.8 Å². The molecule has 2 unspecified atom stereocenters. The third-order valence-electron chi connectivity index (χ3n) is 2.12. The van der Waals surface area contributed by atoms with Gasteiger partial charge >= 0.3 is 0 Å². The predicted octanol–water partition coefficient (Wildman–Crippen LogP) is 4.27. The summed E-state index contributed by atoms with van der Waals surface area (Å²) in [4.78, 5) is 0. The molecule has 0 amide bonds. The fraction of sp³-hybridized carbons (Fsp3) is 0.818. The van der Waals surface area contributed by atoms with Crippen molar-refractivity contribution in [2.24, 2.45) is 11.8 Å². The summed E-state index contributed by atoms with van der Waals surface area (Å²) in [6.07, 6.45) is 4.35. The van der Waals surface area contributed by atoms with E-state index in [2.05, 4.69) is 27.0 Å². The molecule has 0 bridgehead atoms. The molecule has 0 N–H and O–H groups in total. The normalized spacial score (nSPS) is 25.5. The number of hydrogen-bond acceptors (Lipinski definition) is 0. The Labute approximate surface area is 72.7 Å². The highest BCUT2D eigenvalue weighted by Gasteiger charge is 2.32. The minimum Gasteiger partial charge on any atom is -0.106 e. The molecule has 0 saturated heterocycles. The van der Waals surface area contributed by atoms with Crippen LogP contribution in [0.3, 0.4) is 0 Å². The van der Waals surface area contributed by atoms with Gasteiger partial charge in [0.05, 0.1) is 0 Å². The van der Waals surface area contributed by atoms with Gasteiger partial charge in [-0.05, 0) is 18.3 Å². The second-order valence-corrected chi connectivity index (χ2v) is 2.57. The summed E-state index contributed by atoms with van der Waals surface area (Å²) in [5, 5.41) is 0. The van der Waals surface area contributed by atoms with Gasteiger partial charge in [-0.15, -0.1) is 13.2 Å². The van der Waals surface area contributed by atoms with E-state index in [1.54, 1.807) is 0 Å². The average molecular weight is 156 g/mol. The van der Waals surface area contributed by atoms with E-state index in [0.717, 1.165) is 11.8 Å². The van der Waals surface area contributed by atoms with E-state index >= 15 is 0 Å². The van der Waals surface area contributed by atoms with Gasteiger partial charge in [0.1, 0.15) is 0 Å². The Bertz CT molecular complexity index is 58.4. The molecular weight excluding hydrogens is 132 g/mol. The van der Waals surface area contributed by atoms with E-state index in [9.17, 15) is 0 Å². The Morgan fingerprint density at radius 2 is 1.27 bits per heavy atom. The lowest BCUT2D eigenvalue weighted by atomic mass is 10.2. The quantitative estimate of drug-likeness (QED) is 0.524. The Morgan fingerprint density at radius 3 is 1.36 bits per heavy atom. The summed E-state index contributed by atoms with van der Waals surface area (Å²) in [5.41, 5.74) is 0. The van der Waals surface area contributed by atoms with E-state index in [0.29, 0.717) is 0 Å². The molecule has 1 saturated carbocycles. The zero-order valence-electron chi connectivity index (χ0n) is 8.69. The van der Waals surface area contributed by atoms with Gasteiger partial charge in [-0.3, -0.25) is 0 Å². The smallest absolute Gasteiger partial charge is 0.0386 e. The van der Waals surface area contributed by atoms with Crippen molar-refractivity contribution >= 4 is 0 Å². The Hall–Kier alpha value is -0.260. The Morgan fingerprint density at radius 1 is 1.00 bits per heavy atom. The zero-order valence-corrected chi connectivity index (χ0v) is 8.69. The lowest BCUT2D eigenvalue weighted by Gasteiger charge is -1.85. The average Bonchev–Trinajstić information content (AvgIpc) is 2.89. The molecule has 0 aromatic heterocycles. The lowest BCUT2D eigenvalue weighted by Crippen LogP contribution is -1.74.